The molecule has 21 heavy (non-hydrogen) atoms. The van der Waals surface area contributed by atoms with Crippen LogP contribution in [0.4, 0.5) is 0 Å². The quantitative estimate of drug-likeness (QED) is 0.815. The molecular formula is C17H19NO3. The average Bonchev–Trinajstić information content (AvgIpc) is 2.49. The van der Waals surface area contributed by atoms with E-state index in [-0.39, 0.29) is 17.6 Å². The molecule has 0 saturated carbocycles. The molecule has 0 atom stereocenters. The third kappa shape index (κ3) is 2.61. The predicted octanol–water partition coefficient (Wildman–Crippen LogP) is 2.85. The van der Waals surface area contributed by atoms with Gasteiger partial charge < -0.3 is 9.30 Å². The molecule has 0 unspecified atom stereocenters. The molecule has 0 saturated heterocycles. The van der Waals surface area contributed by atoms with Crippen molar-refractivity contribution in [2.75, 3.05) is 6.61 Å². The topological polar surface area (TPSA) is 48.3 Å². The second-order valence-corrected chi connectivity index (χ2v) is 4.91. The molecule has 2 aromatic rings. The first-order chi connectivity index (χ1) is 9.99. The Hall–Kier alpha value is -2.36. The summed E-state index contributed by atoms with van der Waals surface area (Å²) in [5.74, 6) is -0.569. The van der Waals surface area contributed by atoms with Crippen LogP contribution in [0.5, 0.6) is 0 Å². The molecule has 1 heterocycles. The summed E-state index contributed by atoms with van der Waals surface area (Å²) in [6.07, 6.45) is 0. The Kier molecular flexibility index (Phi) is 4.26. The first kappa shape index (κ1) is 15.0. The highest BCUT2D eigenvalue weighted by Gasteiger charge is 2.23. The summed E-state index contributed by atoms with van der Waals surface area (Å²) in [5.41, 5.74) is 2.68. The zero-order chi connectivity index (χ0) is 15.6. The molecule has 0 aliphatic heterocycles. The van der Waals surface area contributed by atoms with Gasteiger partial charge in [0.25, 0.3) is 0 Å². The minimum atomic E-state index is -0.569. The fraction of sp³-hybridized carbons (Fsp3) is 0.294. The largest absolute Gasteiger partial charge is 0.462 e. The maximum atomic E-state index is 12.5. The standard InChI is InChI=1S/C17H19NO3/c1-5-21-17(20)14-15(13-9-7-6-8-10-13)18(4)12(3)11(2)16(14)19/h6-10H,5H2,1-4H3. The van der Waals surface area contributed by atoms with Crippen molar-refractivity contribution >= 4 is 5.97 Å². The Bertz CT molecular complexity index is 730. The zero-order valence-corrected chi connectivity index (χ0v) is 12.8. The monoisotopic (exact) mass is 285 g/mol. The van der Waals surface area contributed by atoms with E-state index in [0.717, 1.165) is 11.3 Å². The van der Waals surface area contributed by atoms with E-state index in [4.69, 9.17) is 4.74 Å². The van der Waals surface area contributed by atoms with Gasteiger partial charge in [-0.05, 0) is 26.3 Å². The van der Waals surface area contributed by atoms with Crippen LogP contribution in [0.25, 0.3) is 11.3 Å². The second kappa shape index (κ2) is 5.95. The van der Waals surface area contributed by atoms with Crippen molar-refractivity contribution in [3.05, 3.63) is 57.4 Å². The smallest absolute Gasteiger partial charge is 0.344 e. The molecule has 4 heteroatoms. The molecule has 0 aliphatic rings. The normalized spacial score (nSPS) is 10.5. The van der Waals surface area contributed by atoms with Gasteiger partial charge in [0.05, 0.1) is 12.3 Å². The molecule has 4 nitrogen and oxygen atoms in total. The van der Waals surface area contributed by atoms with E-state index < -0.39 is 5.97 Å². The average molecular weight is 285 g/mol. The third-order valence-corrected chi connectivity index (χ3v) is 3.71. The van der Waals surface area contributed by atoms with Crippen molar-refractivity contribution in [3.8, 4) is 11.3 Å². The summed E-state index contributed by atoms with van der Waals surface area (Å²) in [7, 11) is 1.85. The van der Waals surface area contributed by atoms with Crippen LogP contribution in [0.3, 0.4) is 0 Å². The molecule has 1 aromatic carbocycles. The van der Waals surface area contributed by atoms with E-state index in [2.05, 4.69) is 0 Å². The summed E-state index contributed by atoms with van der Waals surface area (Å²) >= 11 is 0. The van der Waals surface area contributed by atoms with Gasteiger partial charge in [0.1, 0.15) is 5.56 Å². The van der Waals surface area contributed by atoms with Gasteiger partial charge >= 0.3 is 5.97 Å². The van der Waals surface area contributed by atoms with Crippen molar-refractivity contribution < 1.29 is 9.53 Å². The highest BCUT2D eigenvalue weighted by molar-refractivity contribution is 5.96. The molecule has 2 rings (SSSR count). The molecule has 0 bridgehead atoms. The number of nitrogens with zero attached hydrogens (tertiary/aromatic N) is 1. The van der Waals surface area contributed by atoms with Gasteiger partial charge in [-0.25, -0.2) is 4.79 Å². The SMILES string of the molecule is CCOC(=O)c1c(-c2ccccc2)n(C)c(C)c(C)c1=O. The lowest BCUT2D eigenvalue weighted by Crippen LogP contribution is -2.26. The molecule has 110 valence electrons. The third-order valence-electron chi connectivity index (χ3n) is 3.71. The highest BCUT2D eigenvalue weighted by atomic mass is 16.5. The minimum absolute atomic E-state index is 0.105. The summed E-state index contributed by atoms with van der Waals surface area (Å²) in [6, 6.07) is 9.42. The number of carbonyl (C=O) groups excluding carboxylic acids is 1. The summed E-state index contributed by atoms with van der Waals surface area (Å²) < 4.78 is 6.94. The summed E-state index contributed by atoms with van der Waals surface area (Å²) in [6.45, 7) is 5.57. The lowest BCUT2D eigenvalue weighted by atomic mass is 10.0. The number of carbonyl (C=O) groups is 1. The molecule has 0 spiro atoms. The van der Waals surface area contributed by atoms with Crippen LogP contribution in [-0.2, 0) is 11.8 Å². The maximum Gasteiger partial charge on any atom is 0.344 e. The van der Waals surface area contributed by atoms with Gasteiger partial charge in [-0.3, -0.25) is 4.79 Å². The van der Waals surface area contributed by atoms with Crippen LogP contribution < -0.4 is 5.43 Å². The number of aromatic nitrogens is 1. The Labute approximate surface area is 124 Å². The molecule has 0 N–H and O–H groups in total. The number of rotatable bonds is 3. The van der Waals surface area contributed by atoms with Crippen molar-refractivity contribution in [1.29, 1.82) is 0 Å². The molecule has 0 aliphatic carbocycles. The summed E-state index contributed by atoms with van der Waals surface area (Å²) in [5, 5.41) is 0. The number of hydrogen-bond donors (Lipinski definition) is 0. The summed E-state index contributed by atoms with van der Waals surface area (Å²) in [4.78, 5) is 24.8. The lowest BCUT2D eigenvalue weighted by Gasteiger charge is -2.18. The van der Waals surface area contributed by atoms with E-state index >= 15 is 0 Å². The molecule has 0 radical (unpaired) electrons. The van der Waals surface area contributed by atoms with Crippen LogP contribution in [0.2, 0.25) is 0 Å². The first-order valence-corrected chi connectivity index (χ1v) is 6.91. The molecule has 0 amide bonds. The fourth-order valence-electron chi connectivity index (χ4n) is 2.37. The van der Waals surface area contributed by atoms with Crippen molar-refractivity contribution in [2.24, 2.45) is 7.05 Å². The Balaban J connectivity index is 2.85. The van der Waals surface area contributed by atoms with Crippen molar-refractivity contribution in [1.82, 2.24) is 4.57 Å². The maximum absolute atomic E-state index is 12.5. The van der Waals surface area contributed by atoms with Crippen LogP contribution >= 0.6 is 0 Å². The van der Waals surface area contributed by atoms with Crippen molar-refractivity contribution in [3.63, 3.8) is 0 Å². The number of pyridine rings is 1. The molecule has 1 aromatic heterocycles. The van der Waals surface area contributed by atoms with Crippen LogP contribution in [0, 0.1) is 13.8 Å². The van der Waals surface area contributed by atoms with E-state index in [0.29, 0.717) is 11.3 Å². The lowest BCUT2D eigenvalue weighted by molar-refractivity contribution is 0.0525. The predicted molar refractivity (Wildman–Crippen MR) is 82.5 cm³/mol. The van der Waals surface area contributed by atoms with Crippen LogP contribution in [0.1, 0.15) is 28.5 Å². The van der Waals surface area contributed by atoms with Gasteiger partial charge in [-0.15, -0.1) is 0 Å². The number of ether oxygens (including phenoxy) is 1. The molecular weight excluding hydrogens is 266 g/mol. The van der Waals surface area contributed by atoms with E-state index in [9.17, 15) is 9.59 Å². The van der Waals surface area contributed by atoms with Gasteiger partial charge in [0.2, 0.25) is 0 Å². The van der Waals surface area contributed by atoms with Crippen molar-refractivity contribution in [2.45, 2.75) is 20.8 Å². The second-order valence-electron chi connectivity index (χ2n) is 4.91. The van der Waals surface area contributed by atoms with E-state index in [1.807, 2.05) is 48.9 Å². The Morgan fingerprint density at radius 2 is 1.81 bits per heavy atom. The van der Waals surface area contributed by atoms with Gasteiger partial charge in [-0.1, -0.05) is 30.3 Å². The zero-order valence-electron chi connectivity index (χ0n) is 12.8. The number of hydrogen-bond acceptors (Lipinski definition) is 3. The van der Waals surface area contributed by atoms with Crippen LogP contribution in [-0.4, -0.2) is 17.1 Å². The highest BCUT2D eigenvalue weighted by Crippen LogP contribution is 2.24. The molecule has 0 fully saturated rings. The number of benzene rings is 1. The van der Waals surface area contributed by atoms with E-state index in [1.54, 1.807) is 13.8 Å². The number of esters is 1. The fourth-order valence-corrected chi connectivity index (χ4v) is 2.37. The minimum Gasteiger partial charge on any atom is -0.462 e. The van der Waals surface area contributed by atoms with Gasteiger partial charge in [0.15, 0.2) is 5.43 Å². The van der Waals surface area contributed by atoms with Crippen LogP contribution in [0.15, 0.2) is 35.1 Å². The van der Waals surface area contributed by atoms with Gasteiger partial charge in [0, 0.05) is 18.3 Å². The first-order valence-electron chi connectivity index (χ1n) is 6.91. The Morgan fingerprint density at radius 1 is 1.19 bits per heavy atom. The van der Waals surface area contributed by atoms with E-state index in [1.165, 1.54) is 0 Å². The Morgan fingerprint density at radius 3 is 2.38 bits per heavy atom. The van der Waals surface area contributed by atoms with Gasteiger partial charge in [-0.2, -0.15) is 0 Å².